The minimum Gasteiger partial charge on any atom is -0.391 e. The second-order valence-electron chi connectivity index (χ2n) is 6.97. The van der Waals surface area contributed by atoms with E-state index in [0.717, 1.165) is 29.6 Å². The minimum atomic E-state index is -0.425. The Hall–Kier alpha value is -1.95. The summed E-state index contributed by atoms with van der Waals surface area (Å²) >= 11 is 0. The van der Waals surface area contributed by atoms with Crippen molar-refractivity contribution in [2.45, 2.75) is 51.0 Å². The van der Waals surface area contributed by atoms with Crippen LogP contribution in [0.15, 0.2) is 10.6 Å². The van der Waals surface area contributed by atoms with Crippen LogP contribution in [0, 0.1) is 0 Å². The average molecular weight is 315 g/mol. The van der Waals surface area contributed by atoms with E-state index in [1.165, 1.54) is 0 Å². The summed E-state index contributed by atoms with van der Waals surface area (Å²) in [6.45, 7) is 5.04. The predicted octanol–water partition coefficient (Wildman–Crippen LogP) is 2.43. The number of β-amino-alcohol motifs (C(OH)–C–C–N with tert-alkyl or cyclic N) is 1. The Kier molecular flexibility index (Phi) is 3.37. The second-order valence-corrected chi connectivity index (χ2v) is 6.97. The number of hydrogen-bond donors (Lipinski definition) is 1. The van der Waals surface area contributed by atoms with Crippen LogP contribution >= 0.6 is 0 Å². The number of carbonyl (C=O) groups excluding carboxylic acids is 1. The lowest BCUT2D eigenvalue weighted by Gasteiger charge is -2.17. The molecule has 0 aromatic carbocycles. The highest BCUT2D eigenvalue weighted by Crippen LogP contribution is 2.41. The molecule has 23 heavy (non-hydrogen) atoms. The van der Waals surface area contributed by atoms with Gasteiger partial charge >= 0.3 is 0 Å². The molecule has 0 spiro atoms. The highest BCUT2D eigenvalue weighted by molar-refractivity contribution is 6.06. The number of likely N-dealkylation sites (tertiary alicyclic amines) is 1. The lowest BCUT2D eigenvalue weighted by atomic mass is 10.0. The molecule has 1 saturated heterocycles. The first-order valence-corrected chi connectivity index (χ1v) is 8.32. The minimum absolute atomic E-state index is 0.0547. The van der Waals surface area contributed by atoms with E-state index < -0.39 is 6.10 Å². The lowest BCUT2D eigenvalue weighted by Crippen LogP contribution is -2.30. The van der Waals surface area contributed by atoms with Crippen molar-refractivity contribution in [2.24, 2.45) is 0 Å². The SMILES string of the molecule is CC(C)c1noc2nc(C3CC3)cc(C(=O)N3CC[C@@H](O)C3)c12. The number of fused-ring (bicyclic) bond motifs is 1. The van der Waals surface area contributed by atoms with Gasteiger partial charge in [-0.05, 0) is 31.2 Å². The quantitative estimate of drug-likeness (QED) is 0.941. The van der Waals surface area contributed by atoms with Gasteiger partial charge in [-0.15, -0.1) is 0 Å². The first-order valence-electron chi connectivity index (χ1n) is 8.32. The van der Waals surface area contributed by atoms with Gasteiger partial charge < -0.3 is 14.5 Å². The van der Waals surface area contributed by atoms with E-state index in [-0.39, 0.29) is 11.8 Å². The van der Waals surface area contributed by atoms with E-state index >= 15 is 0 Å². The molecule has 1 saturated carbocycles. The molecule has 2 aliphatic rings. The maximum Gasteiger partial charge on any atom is 0.259 e. The van der Waals surface area contributed by atoms with E-state index in [4.69, 9.17) is 4.52 Å². The summed E-state index contributed by atoms with van der Waals surface area (Å²) in [7, 11) is 0. The Labute approximate surface area is 134 Å². The topological polar surface area (TPSA) is 79.5 Å². The molecule has 2 aromatic rings. The Morgan fingerprint density at radius 3 is 2.78 bits per heavy atom. The van der Waals surface area contributed by atoms with Crippen molar-refractivity contribution in [3.8, 4) is 0 Å². The zero-order chi connectivity index (χ0) is 16.1. The molecular weight excluding hydrogens is 294 g/mol. The number of aliphatic hydroxyl groups excluding tert-OH is 1. The number of hydrogen-bond acceptors (Lipinski definition) is 5. The van der Waals surface area contributed by atoms with Crippen molar-refractivity contribution in [1.82, 2.24) is 15.0 Å². The summed E-state index contributed by atoms with van der Waals surface area (Å²) in [4.78, 5) is 19.3. The summed E-state index contributed by atoms with van der Waals surface area (Å²) < 4.78 is 5.42. The maximum atomic E-state index is 13.0. The summed E-state index contributed by atoms with van der Waals surface area (Å²) in [5.74, 6) is 0.532. The summed E-state index contributed by atoms with van der Waals surface area (Å²) in [5.41, 5.74) is 2.78. The molecule has 1 aliphatic heterocycles. The van der Waals surface area contributed by atoms with Gasteiger partial charge in [0.1, 0.15) is 0 Å². The molecule has 6 nitrogen and oxygen atoms in total. The number of amides is 1. The number of carbonyl (C=O) groups is 1. The molecule has 0 unspecified atom stereocenters. The van der Waals surface area contributed by atoms with Crippen LogP contribution in [0.3, 0.4) is 0 Å². The lowest BCUT2D eigenvalue weighted by molar-refractivity contribution is 0.0766. The van der Waals surface area contributed by atoms with Gasteiger partial charge in [-0.2, -0.15) is 0 Å². The molecule has 0 radical (unpaired) electrons. The predicted molar refractivity (Wildman–Crippen MR) is 84.4 cm³/mol. The van der Waals surface area contributed by atoms with Gasteiger partial charge in [0.25, 0.3) is 11.6 Å². The molecule has 4 rings (SSSR count). The van der Waals surface area contributed by atoms with Crippen molar-refractivity contribution in [3.63, 3.8) is 0 Å². The Bertz CT molecular complexity index is 764. The van der Waals surface area contributed by atoms with Crippen LogP contribution in [0.2, 0.25) is 0 Å². The van der Waals surface area contributed by atoms with Crippen molar-refractivity contribution < 1.29 is 14.4 Å². The van der Waals surface area contributed by atoms with E-state index in [9.17, 15) is 9.90 Å². The van der Waals surface area contributed by atoms with Crippen LogP contribution in [-0.2, 0) is 0 Å². The first kappa shape index (κ1) is 14.6. The normalized spacial score (nSPS) is 21.6. The summed E-state index contributed by atoms with van der Waals surface area (Å²) in [5, 5.41) is 14.6. The molecule has 2 fully saturated rings. The summed E-state index contributed by atoms with van der Waals surface area (Å²) in [6.07, 6.45) is 2.43. The fraction of sp³-hybridized carbons (Fsp3) is 0.588. The number of aliphatic hydroxyl groups is 1. The van der Waals surface area contributed by atoms with E-state index in [1.54, 1.807) is 4.90 Å². The molecule has 2 aromatic heterocycles. The third-order valence-electron chi connectivity index (χ3n) is 4.72. The van der Waals surface area contributed by atoms with Gasteiger partial charge in [0.2, 0.25) is 0 Å². The fourth-order valence-electron chi connectivity index (χ4n) is 3.24. The highest BCUT2D eigenvalue weighted by Gasteiger charge is 2.32. The van der Waals surface area contributed by atoms with Gasteiger partial charge in [0.05, 0.1) is 22.7 Å². The third-order valence-corrected chi connectivity index (χ3v) is 4.72. The van der Waals surface area contributed by atoms with Crippen LogP contribution in [0.4, 0.5) is 0 Å². The molecule has 1 N–H and O–H groups in total. The van der Waals surface area contributed by atoms with Gasteiger partial charge in [0, 0.05) is 24.7 Å². The monoisotopic (exact) mass is 315 g/mol. The second kappa shape index (κ2) is 5.30. The van der Waals surface area contributed by atoms with Crippen LogP contribution in [0.1, 0.15) is 66.7 Å². The first-order chi connectivity index (χ1) is 11.0. The molecule has 122 valence electrons. The highest BCUT2D eigenvalue weighted by atomic mass is 16.5. The molecule has 0 bridgehead atoms. The third kappa shape index (κ3) is 2.51. The average Bonchev–Trinajstić information content (AvgIpc) is 3.14. The zero-order valence-corrected chi connectivity index (χ0v) is 13.5. The van der Waals surface area contributed by atoms with Crippen molar-refractivity contribution >= 4 is 17.0 Å². The van der Waals surface area contributed by atoms with Crippen LogP contribution in [-0.4, -0.2) is 45.2 Å². The van der Waals surface area contributed by atoms with E-state index in [1.807, 2.05) is 19.9 Å². The van der Waals surface area contributed by atoms with Crippen molar-refractivity contribution in [1.29, 1.82) is 0 Å². The molecule has 1 atom stereocenters. The zero-order valence-electron chi connectivity index (χ0n) is 13.5. The number of aromatic nitrogens is 2. The number of pyridine rings is 1. The Morgan fingerprint density at radius 2 is 2.17 bits per heavy atom. The number of rotatable bonds is 3. The van der Waals surface area contributed by atoms with Crippen LogP contribution in [0.25, 0.3) is 11.1 Å². The molecule has 3 heterocycles. The largest absolute Gasteiger partial charge is 0.391 e. The van der Waals surface area contributed by atoms with E-state index in [0.29, 0.717) is 36.7 Å². The fourth-order valence-corrected chi connectivity index (χ4v) is 3.24. The standard InChI is InChI=1S/C17H21N3O3/c1-9(2)15-14-12(17(22)20-6-5-11(21)8-20)7-13(10-3-4-10)18-16(14)23-19-15/h7,9-11,21H,3-6,8H2,1-2H3/t11-/m1/s1. The smallest absolute Gasteiger partial charge is 0.259 e. The molecule has 1 amide bonds. The molecular formula is C17H21N3O3. The van der Waals surface area contributed by atoms with Crippen molar-refractivity contribution in [3.05, 3.63) is 23.0 Å². The van der Waals surface area contributed by atoms with E-state index in [2.05, 4.69) is 10.1 Å². The maximum absolute atomic E-state index is 13.0. The molecule has 1 aliphatic carbocycles. The van der Waals surface area contributed by atoms with Gasteiger partial charge in [-0.25, -0.2) is 4.98 Å². The number of nitrogens with zero attached hydrogens (tertiary/aromatic N) is 3. The van der Waals surface area contributed by atoms with Gasteiger partial charge in [-0.1, -0.05) is 19.0 Å². The Balaban J connectivity index is 1.84. The summed E-state index contributed by atoms with van der Waals surface area (Å²) in [6, 6.07) is 1.91. The van der Waals surface area contributed by atoms with Gasteiger partial charge in [0.15, 0.2) is 0 Å². The van der Waals surface area contributed by atoms with Gasteiger partial charge in [-0.3, -0.25) is 4.79 Å². The van der Waals surface area contributed by atoms with Crippen LogP contribution in [0.5, 0.6) is 0 Å². The van der Waals surface area contributed by atoms with Crippen molar-refractivity contribution in [2.75, 3.05) is 13.1 Å². The molecule has 6 heteroatoms. The van der Waals surface area contributed by atoms with Crippen LogP contribution < -0.4 is 0 Å². The Morgan fingerprint density at radius 1 is 1.39 bits per heavy atom.